The van der Waals surface area contributed by atoms with E-state index in [0.29, 0.717) is 11.3 Å². The lowest BCUT2D eigenvalue weighted by Gasteiger charge is -2.03. The van der Waals surface area contributed by atoms with Crippen LogP contribution in [0.1, 0.15) is 23.0 Å². The minimum Gasteiger partial charge on any atom is -0.326 e. The Kier molecular flexibility index (Phi) is 4.98. The van der Waals surface area contributed by atoms with E-state index in [4.69, 9.17) is 0 Å². The third kappa shape index (κ3) is 4.04. The Labute approximate surface area is 147 Å². The Morgan fingerprint density at radius 3 is 2.83 bits per heavy atom. The van der Waals surface area contributed by atoms with E-state index in [1.54, 1.807) is 53.0 Å². The number of amides is 1. The summed E-state index contributed by atoms with van der Waals surface area (Å²) in [5.74, 6) is -0.300. The fraction of sp³-hybridized carbons (Fsp3) is 0.0556. The number of nitrogens with one attached hydrogen (secondary N) is 1. The summed E-state index contributed by atoms with van der Waals surface area (Å²) in [4.78, 5) is 27.9. The molecule has 1 amide bonds. The predicted octanol–water partition coefficient (Wildman–Crippen LogP) is 4.73. The normalized spacial score (nSPS) is 10.9. The first-order valence-electron chi connectivity index (χ1n) is 7.20. The van der Waals surface area contributed by atoms with Crippen molar-refractivity contribution in [1.82, 2.24) is 4.98 Å². The van der Waals surface area contributed by atoms with E-state index in [2.05, 4.69) is 10.3 Å². The van der Waals surface area contributed by atoms with E-state index in [0.717, 1.165) is 16.3 Å². The summed E-state index contributed by atoms with van der Waals surface area (Å²) in [7, 11) is 0. The quantitative estimate of drug-likeness (QED) is 0.532. The third-order valence-corrected chi connectivity index (χ3v) is 4.76. The van der Waals surface area contributed by atoms with E-state index in [1.165, 1.54) is 13.0 Å². The molecule has 2 heterocycles. The van der Waals surface area contributed by atoms with Crippen molar-refractivity contribution in [3.8, 4) is 10.6 Å². The Bertz CT molecular complexity index is 895. The summed E-state index contributed by atoms with van der Waals surface area (Å²) in [6, 6.07) is 8.89. The molecule has 0 saturated carbocycles. The fourth-order valence-corrected chi connectivity index (χ4v) is 3.59. The Hall–Kier alpha value is -2.57. The van der Waals surface area contributed by atoms with Gasteiger partial charge in [0.15, 0.2) is 5.78 Å². The molecule has 3 aromatic rings. The molecule has 0 aliphatic carbocycles. The van der Waals surface area contributed by atoms with E-state index in [-0.39, 0.29) is 11.7 Å². The lowest BCUT2D eigenvalue weighted by Crippen LogP contribution is -2.06. The Morgan fingerprint density at radius 2 is 2.08 bits per heavy atom. The van der Waals surface area contributed by atoms with Crippen LogP contribution in [0.5, 0.6) is 0 Å². The van der Waals surface area contributed by atoms with Gasteiger partial charge in [-0.25, -0.2) is 4.98 Å². The lowest BCUT2D eigenvalue weighted by atomic mass is 10.1. The molecule has 1 aromatic carbocycles. The first-order chi connectivity index (χ1) is 11.6. The number of thiophene rings is 1. The van der Waals surface area contributed by atoms with Crippen LogP contribution in [0.4, 0.5) is 5.69 Å². The molecule has 24 heavy (non-hydrogen) atoms. The van der Waals surface area contributed by atoms with Crippen molar-refractivity contribution in [2.45, 2.75) is 6.92 Å². The zero-order chi connectivity index (χ0) is 16.9. The molecular formula is C18H14N2O2S2. The first-order valence-corrected chi connectivity index (χ1v) is 9.02. The minimum atomic E-state index is -0.168. The number of ketones is 1. The number of nitrogens with zero attached hydrogens (tertiary/aromatic N) is 1. The molecule has 0 spiro atoms. The van der Waals surface area contributed by atoms with Gasteiger partial charge in [-0.3, -0.25) is 9.59 Å². The van der Waals surface area contributed by atoms with Gasteiger partial charge in [0, 0.05) is 34.5 Å². The summed E-state index contributed by atoms with van der Waals surface area (Å²) in [6.45, 7) is 1.43. The number of carbonyl (C=O) groups excluding carboxylic acids is 2. The highest BCUT2D eigenvalue weighted by molar-refractivity contribution is 7.14. The second kappa shape index (κ2) is 7.33. The molecular weight excluding hydrogens is 340 g/mol. The maximum Gasteiger partial charge on any atom is 0.221 e. The predicted molar refractivity (Wildman–Crippen MR) is 99.5 cm³/mol. The van der Waals surface area contributed by atoms with E-state index in [1.807, 2.05) is 22.2 Å². The fourth-order valence-electron chi connectivity index (χ4n) is 2.09. The molecule has 0 saturated heterocycles. The van der Waals surface area contributed by atoms with Gasteiger partial charge >= 0.3 is 0 Å². The van der Waals surface area contributed by atoms with Crippen molar-refractivity contribution in [3.63, 3.8) is 0 Å². The van der Waals surface area contributed by atoms with Gasteiger partial charge in [-0.2, -0.15) is 11.3 Å². The van der Waals surface area contributed by atoms with Gasteiger partial charge in [0.25, 0.3) is 0 Å². The van der Waals surface area contributed by atoms with Crippen LogP contribution in [0, 0.1) is 0 Å². The highest BCUT2D eigenvalue weighted by atomic mass is 32.1. The number of benzene rings is 1. The van der Waals surface area contributed by atoms with Gasteiger partial charge in [-0.1, -0.05) is 12.1 Å². The van der Waals surface area contributed by atoms with E-state index < -0.39 is 0 Å². The number of hydrogen-bond donors (Lipinski definition) is 1. The van der Waals surface area contributed by atoms with Crippen LogP contribution in [-0.4, -0.2) is 16.7 Å². The zero-order valence-electron chi connectivity index (χ0n) is 12.9. The van der Waals surface area contributed by atoms with Crippen LogP contribution < -0.4 is 5.32 Å². The third-order valence-electron chi connectivity index (χ3n) is 3.16. The molecule has 0 unspecified atom stereocenters. The monoisotopic (exact) mass is 354 g/mol. The van der Waals surface area contributed by atoms with Gasteiger partial charge in [-0.15, -0.1) is 11.3 Å². The number of thiazole rings is 1. The molecule has 0 aliphatic heterocycles. The molecule has 0 aliphatic rings. The molecule has 0 bridgehead atoms. The van der Waals surface area contributed by atoms with E-state index >= 15 is 0 Å². The maximum absolute atomic E-state index is 12.3. The average Bonchev–Trinajstić information content (AvgIpc) is 3.23. The van der Waals surface area contributed by atoms with Gasteiger partial charge < -0.3 is 5.32 Å². The van der Waals surface area contributed by atoms with Gasteiger partial charge in [0.2, 0.25) is 5.91 Å². The molecule has 0 fully saturated rings. The SMILES string of the molecule is CC(=O)Nc1cccc(C(=O)/C=C/c2csc(-c3ccsc3)n2)c1. The summed E-state index contributed by atoms with van der Waals surface area (Å²) in [5.41, 5.74) is 2.98. The van der Waals surface area contributed by atoms with Crippen LogP contribution >= 0.6 is 22.7 Å². The molecule has 3 rings (SSSR count). The average molecular weight is 354 g/mol. The highest BCUT2D eigenvalue weighted by Gasteiger charge is 2.06. The summed E-state index contributed by atoms with van der Waals surface area (Å²) < 4.78 is 0. The molecule has 0 radical (unpaired) electrons. The highest BCUT2D eigenvalue weighted by Crippen LogP contribution is 2.26. The van der Waals surface area contributed by atoms with Crippen molar-refractivity contribution in [2.24, 2.45) is 0 Å². The summed E-state index contributed by atoms with van der Waals surface area (Å²) in [5, 5.41) is 9.59. The van der Waals surface area contributed by atoms with Crippen molar-refractivity contribution in [2.75, 3.05) is 5.32 Å². The van der Waals surface area contributed by atoms with Gasteiger partial charge in [-0.05, 0) is 35.7 Å². The number of allylic oxidation sites excluding steroid dienone is 1. The first kappa shape index (κ1) is 16.3. The van der Waals surface area contributed by atoms with Crippen molar-refractivity contribution in [1.29, 1.82) is 0 Å². The molecule has 4 nitrogen and oxygen atoms in total. The van der Waals surface area contributed by atoms with Crippen molar-refractivity contribution >= 4 is 46.1 Å². The minimum absolute atomic E-state index is 0.132. The number of aromatic nitrogens is 1. The lowest BCUT2D eigenvalue weighted by molar-refractivity contribution is -0.114. The van der Waals surface area contributed by atoms with Crippen molar-refractivity contribution in [3.05, 3.63) is 63.8 Å². The Morgan fingerprint density at radius 1 is 1.21 bits per heavy atom. The number of hydrogen-bond acceptors (Lipinski definition) is 5. The summed E-state index contributed by atoms with van der Waals surface area (Å²) in [6.07, 6.45) is 3.21. The van der Waals surface area contributed by atoms with E-state index in [9.17, 15) is 9.59 Å². The topological polar surface area (TPSA) is 59.1 Å². The van der Waals surface area contributed by atoms with Gasteiger partial charge in [0.05, 0.1) is 5.69 Å². The number of carbonyl (C=O) groups is 2. The maximum atomic E-state index is 12.3. The Balaban J connectivity index is 1.72. The second-order valence-corrected chi connectivity index (χ2v) is 6.69. The molecule has 6 heteroatoms. The number of anilines is 1. The largest absolute Gasteiger partial charge is 0.326 e. The van der Waals surface area contributed by atoms with Crippen LogP contribution in [0.15, 0.2) is 52.5 Å². The van der Waals surface area contributed by atoms with Crippen LogP contribution in [0.25, 0.3) is 16.6 Å². The van der Waals surface area contributed by atoms with Gasteiger partial charge in [0.1, 0.15) is 5.01 Å². The molecule has 2 aromatic heterocycles. The van der Waals surface area contributed by atoms with Crippen LogP contribution in [0.3, 0.4) is 0 Å². The summed E-state index contributed by atoms with van der Waals surface area (Å²) >= 11 is 3.18. The van der Waals surface area contributed by atoms with Crippen LogP contribution in [-0.2, 0) is 4.79 Å². The molecule has 0 atom stereocenters. The molecule has 1 N–H and O–H groups in total. The second-order valence-electron chi connectivity index (χ2n) is 5.05. The smallest absolute Gasteiger partial charge is 0.221 e. The van der Waals surface area contributed by atoms with Crippen molar-refractivity contribution < 1.29 is 9.59 Å². The zero-order valence-corrected chi connectivity index (χ0v) is 14.5. The number of rotatable bonds is 5. The standard InChI is InChI=1S/C18H14N2O2S2/c1-12(21)19-15-4-2-3-13(9-15)17(22)6-5-16-11-24-18(20-16)14-7-8-23-10-14/h2-11H,1H3,(H,19,21)/b6-5+. The molecule has 120 valence electrons. The van der Waals surface area contributed by atoms with Crippen LogP contribution in [0.2, 0.25) is 0 Å².